The van der Waals surface area contributed by atoms with Gasteiger partial charge in [0.15, 0.2) is 6.29 Å². The number of hydrogen-bond donors (Lipinski definition) is 0. The molecule has 0 N–H and O–H groups in total. The predicted octanol–water partition coefficient (Wildman–Crippen LogP) is 2.27. The molecule has 84 valence electrons. The summed E-state index contributed by atoms with van der Waals surface area (Å²) in [5, 5.41) is 0. The lowest BCUT2D eigenvalue weighted by molar-refractivity contribution is -0.181. The highest BCUT2D eigenvalue weighted by Crippen LogP contribution is 2.08. The summed E-state index contributed by atoms with van der Waals surface area (Å²) in [4.78, 5) is 10.7. The maximum absolute atomic E-state index is 10.7. The minimum Gasteiger partial charge on any atom is -0.436 e. The smallest absolute Gasteiger partial charge is 0.304 e. The molecule has 0 rings (SSSR count). The van der Waals surface area contributed by atoms with Crippen molar-refractivity contribution in [3.05, 3.63) is 12.7 Å². The highest BCUT2D eigenvalue weighted by molar-refractivity contribution is 5.65. The normalized spacial score (nSPS) is 13.3. The predicted molar refractivity (Wildman–Crippen MR) is 59.0 cm³/mol. The number of carbonyl (C=O) groups is 1. The van der Waals surface area contributed by atoms with Crippen molar-refractivity contribution in [3.8, 4) is 11.8 Å². The average molecular weight is 210 g/mol. The molecule has 3 nitrogen and oxygen atoms in total. The first kappa shape index (κ1) is 13.7. The summed E-state index contributed by atoms with van der Waals surface area (Å²) in [6.45, 7) is 8.47. The summed E-state index contributed by atoms with van der Waals surface area (Å²) in [5.41, 5.74) is 0. The van der Waals surface area contributed by atoms with Crippen LogP contribution in [0.2, 0.25) is 0 Å². The Hall–Kier alpha value is -1.27. The van der Waals surface area contributed by atoms with Gasteiger partial charge in [0, 0.05) is 13.3 Å². The fourth-order valence-electron chi connectivity index (χ4n) is 1.12. The Balaban J connectivity index is 4.05. The van der Waals surface area contributed by atoms with Gasteiger partial charge < -0.3 is 9.47 Å². The van der Waals surface area contributed by atoms with E-state index in [9.17, 15) is 4.79 Å². The maximum Gasteiger partial charge on any atom is 0.304 e. The first-order valence-corrected chi connectivity index (χ1v) is 4.93. The minimum absolute atomic E-state index is 0.0655. The van der Waals surface area contributed by atoms with Crippen LogP contribution in [0.4, 0.5) is 0 Å². The third kappa shape index (κ3) is 7.77. The van der Waals surface area contributed by atoms with Gasteiger partial charge in [-0.25, -0.2) is 0 Å². The van der Waals surface area contributed by atoms with Crippen LogP contribution in [-0.4, -0.2) is 18.4 Å². The highest BCUT2D eigenvalue weighted by Gasteiger charge is 2.12. The van der Waals surface area contributed by atoms with E-state index in [-0.39, 0.29) is 12.1 Å². The van der Waals surface area contributed by atoms with Crippen molar-refractivity contribution in [1.29, 1.82) is 0 Å². The van der Waals surface area contributed by atoms with E-state index in [2.05, 4.69) is 18.4 Å². The van der Waals surface area contributed by atoms with Gasteiger partial charge >= 0.3 is 5.97 Å². The first-order chi connectivity index (χ1) is 7.10. The topological polar surface area (TPSA) is 35.5 Å². The van der Waals surface area contributed by atoms with Crippen molar-refractivity contribution in [2.75, 3.05) is 0 Å². The molecule has 0 aliphatic heterocycles. The Kier molecular flexibility index (Phi) is 7.39. The van der Waals surface area contributed by atoms with Crippen LogP contribution in [0.1, 0.15) is 33.6 Å². The van der Waals surface area contributed by atoms with Crippen LogP contribution in [0, 0.1) is 11.8 Å². The molecule has 0 aliphatic carbocycles. The maximum atomic E-state index is 10.7. The Morgan fingerprint density at radius 1 is 1.60 bits per heavy atom. The van der Waals surface area contributed by atoms with E-state index in [1.54, 1.807) is 19.9 Å². The molecular weight excluding hydrogens is 192 g/mol. The lowest BCUT2D eigenvalue weighted by Gasteiger charge is -2.19. The molecule has 0 heterocycles. The molecule has 0 saturated carbocycles. The Labute approximate surface area is 91.5 Å². The van der Waals surface area contributed by atoms with Crippen LogP contribution in [0.3, 0.4) is 0 Å². The second-order valence-electron chi connectivity index (χ2n) is 3.09. The largest absolute Gasteiger partial charge is 0.436 e. The average Bonchev–Trinajstić information content (AvgIpc) is 2.13. The quantitative estimate of drug-likeness (QED) is 0.292. The summed E-state index contributed by atoms with van der Waals surface area (Å²) >= 11 is 0. The van der Waals surface area contributed by atoms with E-state index in [4.69, 9.17) is 9.47 Å². The molecule has 3 heteroatoms. The summed E-state index contributed by atoms with van der Waals surface area (Å²) in [7, 11) is 0. The van der Waals surface area contributed by atoms with E-state index < -0.39 is 6.29 Å². The van der Waals surface area contributed by atoms with Gasteiger partial charge in [0.25, 0.3) is 0 Å². The van der Waals surface area contributed by atoms with Gasteiger partial charge in [-0.2, -0.15) is 0 Å². The number of rotatable bonds is 6. The molecule has 15 heavy (non-hydrogen) atoms. The third-order valence-electron chi connectivity index (χ3n) is 1.65. The summed E-state index contributed by atoms with van der Waals surface area (Å²) in [6.07, 6.45) is 2.48. The summed E-state index contributed by atoms with van der Waals surface area (Å²) < 4.78 is 10.4. The van der Waals surface area contributed by atoms with Crippen molar-refractivity contribution >= 4 is 5.97 Å². The number of esters is 1. The molecule has 0 aromatic rings. The van der Waals surface area contributed by atoms with E-state index in [1.807, 2.05) is 0 Å². The van der Waals surface area contributed by atoms with Crippen LogP contribution in [0.15, 0.2) is 12.7 Å². The first-order valence-electron chi connectivity index (χ1n) is 4.93. The Morgan fingerprint density at radius 3 is 2.73 bits per heavy atom. The van der Waals surface area contributed by atoms with Gasteiger partial charge in [-0.05, 0) is 20.3 Å². The molecule has 0 fully saturated rings. The van der Waals surface area contributed by atoms with Crippen LogP contribution in [0.25, 0.3) is 0 Å². The fourth-order valence-corrected chi connectivity index (χ4v) is 1.12. The number of hydrogen-bond acceptors (Lipinski definition) is 3. The Morgan fingerprint density at radius 2 is 2.27 bits per heavy atom. The number of carbonyl (C=O) groups excluding carboxylic acids is 1. The molecular formula is C12H18O3. The van der Waals surface area contributed by atoms with E-state index in [0.717, 1.165) is 0 Å². The SMILES string of the molecule is C=CCC(CC#CC)OC(C)OC(C)=O. The molecule has 0 aromatic carbocycles. The molecule has 0 aromatic heterocycles. The molecule has 2 atom stereocenters. The fraction of sp³-hybridized carbons (Fsp3) is 0.583. The highest BCUT2D eigenvalue weighted by atomic mass is 16.7. The van der Waals surface area contributed by atoms with Gasteiger partial charge in [0.2, 0.25) is 0 Å². The molecule has 0 aliphatic rings. The zero-order valence-corrected chi connectivity index (χ0v) is 9.58. The summed E-state index contributed by atoms with van der Waals surface area (Å²) in [5.74, 6) is 5.38. The number of ether oxygens (including phenoxy) is 2. The molecule has 0 saturated heterocycles. The molecule has 0 amide bonds. The van der Waals surface area contributed by atoms with Crippen molar-refractivity contribution in [3.63, 3.8) is 0 Å². The second kappa shape index (κ2) is 8.07. The van der Waals surface area contributed by atoms with Crippen molar-refractivity contribution in [1.82, 2.24) is 0 Å². The Bertz CT molecular complexity index is 260. The zero-order chi connectivity index (χ0) is 11.7. The lowest BCUT2D eigenvalue weighted by atomic mass is 10.2. The van der Waals surface area contributed by atoms with Gasteiger partial charge in [0.05, 0.1) is 6.10 Å². The van der Waals surface area contributed by atoms with Crippen LogP contribution < -0.4 is 0 Å². The van der Waals surface area contributed by atoms with Gasteiger partial charge in [-0.3, -0.25) is 4.79 Å². The van der Waals surface area contributed by atoms with Gasteiger partial charge in [-0.15, -0.1) is 18.4 Å². The van der Waals surface area contributed by atoms with Gasteiger partial charge in [-0.1, -0.05) is 6.08 Å². The zero-order valence-electron chi connectivity index (χ0n) is 9.58. The second-order valence-corrected chi connectivity index (χ2v) is 3.09. The molecule has 2 unspecified atom stereocenters. The minimum atomic E-state index is -0.536. The molecule has 0 radical (unpaired) electrons. The summed E-state index contributed by atoms with van der Waals surface area (Å²) in [6, 6.07) is 0. The lowest BCUT2D eigenvalue weighted by Crippen LogP contribution is -2.23. The van der Waals surface area contributed by atoms with Crippen molar-refractivity contribution in [2.24, 2.45) is 0 Å². The van der Waals surface area contributed by atoms with Crippen LogP contribution in [-0.2, 0) is 14.3 Å². The van der Waals surface area contributed by atoms with E-state index in [0.29, 0.717) is 12.8 Å². The molecule has 0 spiro atoms. The van der Waals surface area contributed by atoms with Crippen LogP contribution >= 0.6 is 0 Å². The monoisotopic (exact) mass is 210 g/mol. The van der Waals surface area contributed by atoms with E-state index >= 15 is 0 Å². The molecule has 0 bridgehead atoms. The van der Waals surface area contributed by atoms with Crippen LogP contribution in [0.5, 0.6) is 0 Å². The van der Waals surface area contributed by atoms with Gasteiger partial charge in [0.1, 0.15) is 0 Å². The van der Waals surface area contributed by atoms with Crippen molar-refractivity contribution in [2.45, 2.75) is 46.0 Å². The van der Waals surface area contributed by atoms with E-state index in [1.165, 1.54) is 6.92 Å². The van der Waals surface area contributed by atoms with Crippen molar-refractivity contribution < 1.29 is 14.3 Å². The standard InChI is InChI=1S/C12H18O3/c1-5-7-9-12(8-6-2)15-11(4)14-10(3)13/h6,11-12H,2,8-9H2,1,3-4H3. The third-order valence-corrected chi connectivity index (χ3v) is 1.65.